The fraction of sp³-hybridized carbons (Fsp3) is 0.250. The van der Waals surface area contributed by atoms with Crippen molar-refractivity contribution in [3.8, 4) is 11.5 Å². The van der Waals surface area contributed by atoms with Gasteiger partial charge >= 0.3 is 0 Å². The van der Waals surface area contributed by atoms with Crippen molar-refractivity contribution in [1.82, 2.24) is 14.3 Å². The Kier molecular flexibility index (Phi) is 6.46. The molecule has 0 atom stereocenters. The molecule has 0 saturated carbocycles. The Labute approximate surface area is 210 Å². The summed E-state index contributed by atoms with van der Waals surface area (Å²) in [5, 5.41) is 3.15. The molecule has 1 N–H and O–H groups in total. The van der Waals surface area contributed by atoms with Crippen molar-refractivity contribution in [3.63, 3.8) is 0 Å². The number of aryl methyl sites for hydroxylation is 1. The minimum absolute atomic E-state index is 0.179. The van der Waals surface area contributed by atoms with E-state index in [0.717, 1.165) is 22.9 Å². The largest absolute Gasteiger partial charge is 0.454 e. The monoisotopic (exact) mass is 510 g/mol. The number of amides is 1. The van der Waals surface area contributed by atoms with E-state index in [0.29, 0.717) is 45.3 Å². The number of carbonyl (C=O) groups is 1. The van der Waals surface area contributed by atoms with E-state index in [2.05, 4.69) is 10.3 Å². The first-order chi connectivity index (χ1) is 16.9. The van der Waals surface area contributed by atoms with Crippen molar-refractivity contribution < 1.29 is 19.0 Å². The molecular weight excluding hydrogens is 488 g/mol. The van der Waals surface area contributed by atoms with Gasteiger partial charge in [0.25, 0.3) is 11.5 Å². The SMILES string of the molecule is COCCNc1nc2ccc(C)cn2c(=O)c1/C=C1\SC(=S)N(Cc2ccc3c(c2)OCO3)C1=O. The lowest BCUT2D eigenvalue weighted by Crippen LogP contribution is -2.27. The zero-order chi connectivity index (χ0) is 24.5. The van der Waals surface area contributed by atoms with Gasteiger partial charge in [0.15, 0.2) is 11.5 Å². The smallest absolute Gasteiger partial charge is 0.267 e. The number of ether oxygens (including phenoxy) is 3. The highest BCUT2D eigenvalue weighted by Gasteiger charge is 2.33. The second kappa shape index (κ2) is 9.68. The number of hydrogen-bond donors (Lipinski definition) is 1. The van der Waals surface area contributed by atoms with E-state index in [-0.39, 0.29) is 30.4 Å². The van der Waals surface area contributed by atoms with Crippen molar-refractivity contribution in [2.45, 2.75) is 13.5 Å². The number of hydrogen-bond acceptors (Lipinski definition) is 9. The van der Waals surface area contributed by atoms with Gasteiger partial charge in [0.2, 0.25) is 6.79 Å². The van der Waals surface area contributed by atoms with E-state index in [1.807, 2.05) is 31.2 Å². The lowest BCUT2D eigenvalue weighted by Gasteiger charge is -2.15. The summed E-state index contributed by atoms with van der Waals surface area (Å²) < 4.78 is 17.8. The second-order valence-electron chi connectivity index (χ2n) is 7.99. The highest BCUT2D eigenvalue weighted by molar-refractivity contribution is 8.26. The second-order valence-corrected chi connectivity index (χ2v) is 9.66. The molecular formula is C24H22N4O5S2. The molecule has 180 valence electrons. The zero-order valence-electron chi connectivity index (χ0n) is 19.1. The van der Waals surface area contributed by atoms with Gasteiger partial charge in [0, 0.05) is 19.9 Å². The maximum Gasteiger partial charge on any atom is 0.267 e. The van der Waals surface area contributed by atoms with Crippen LogP contribution in [0.3, 0.4) is 0 Å². The lowest BCUT2D eigenvalue weighted by molar-refractivity contribution is -0.122. The van der Waals surface area contributed by atoms with Crippen molar-refractivity contribution >= 4 is 51.7 Å². The van der Waals surface area contributed by atoms with Crippen LogP contribution in [0.25, 0.3) is 11.7 Å². The van der Waals surface area contributed by atoms with E-state index < -0.39 is 0 Å². The summed E-state index contributed by atoms with van der Waals surface area (Å²) in [5.41, 5.74) is 2.29. The van der Waals surface area contributed by atoms with Crippen LogP contribution >= 0.6 is 24.0 Å². The number of thiocarbonyl (C=S) groups is 1. The van der Waals surface area contributed by atoms with Crippen molar-refractivity contribution in [3.05, 3.63) is 68.5 Å². The molecule has 9 nitrogen and oxygen atoms in total. The van der Waals surface area contributed by atoms with Crippen LogP contribution in [0.1, 0.15) is 16.7 Å². The molecule has 2 aliphatic heterocycles. The number of rotatable bonds is 7. The van der Waals surface area contributed by atoms with Gasteiger partial charge in [0.05, 0.1) is 23.6 Å². The van der Waals surface area contributed by atoms with E-state index >= 15 is 0 Å². The molecule has 0 radical (unpaired) electrons. The lowest BCUT2D eigenvalue weighted by atomic mass is 10.2. The third-order valence-electron chi connectivity index (χ3n) is 5.53. The van der Waals surface area contributed by atoms with Gasteiger partial charge in [-0.3, -0.25) is 18.9 Å². The van der Waals surface area contributed by atoms with Crippen LogP contribution in [0.2, 0.25) is 0 Å². The van der Waals surface area contributed by atoms with Crippen LogP contribution in [0.4, 0.5) is 5.82 Å². The molecule has 11 heteroatoms. The minimum atomic E-state index is -0.278. The first-order valence-electron chi connectivity index (χ1n) is 10.8. The molecule has 1 amide bonds. The number of benzene rings is 1. The molecule has 1 saturated heterocycles. The van der Waals surface area contributed by atoms with Crippen molar-refractivity contribution in [2.24, 2.45) is 0 Å². The maximum absolute atomic E-state index is 13.4. The van der Waals surface area contributed by atoms with Crippen LogP contribution in [0, 0.1) is 6.92 Å². The van der Waals surface area contributed by atoms with Crippen LogP contribution in [-0.4, -0.2) is 51.6 Å². The Morgan fingerprint density at radius 1 is 1.23 bits per heavy atom. The average Bonchev–Trinajstić information content (AvgIpc) is 3.41. The van der Waals surface area contributed by atoms with E-state index in [1.54, 1.807) is 25.4 Å². The molecule has 0 bridgehead atoms. The zero-order valence-corrected chi connectivity index (χ0v) is 20.7. The molecule has 0 unspecified atom stereocenters. The van der Waals surface area contributed by atoms with Gasteiger partial charge in [-0.15, -0.1) is 0 Å². The number of pyridine rings is 1. The number of nitrogens with one attached hydrogen (secondary N) is 1. The summed E-state index contributed by atoms with van der Waals surface area (Å²) >= 11 is 6.66. The summed E-state index contributed by atoms with van der Waals surface area (Å²) in [5.74, 6) is 1.43. The molecule has 1 aromatic carbocycles. The summed E-state index contributed by atoms with van der Waals surface area (Å²) in [7, 11) is 1.60. The van der Waals surface area contributed by atoms with E-state index in [4.69, 9.17) is 26.4 Å². The molecule has 2 aliphatic rings. The molecule has 5 rings (SSSR count). The topological polar surface area (TPSA) is 94.4 Å². The number of anilines is 1. The molecule has 2 aromatic heterocycles. The highest BCUT2D eigenvalue weighted by Crippen LogP contribution is 2.36. The Bertz CT molecular complexity index is 1440. The third-order valence-corrected chi connectivity index (χ3v) is 6.91. The van der Waals surface area contributed by atoms with E-state index in [1.165, 1.54) is 9.30 Å². The Balaban J connectivity index is 1.48. The van der Waals surface area contributed by atoms with Crippen LogP contribution in [0.5, 0.6) is 11.5 Å². The fourth-order valence-corrected chi connectivity index (χ4v) is 5.02. The van der Waals surface area contributed by atoms with Gasteiger partial charge in [-0.2, -0.15) is 0 Å². The summed E-state index contributed by atoms with van der Waals surface area (Å²) in [6.07, 6.45) is 3.30. The highest BCUT2D eigenvalue weighted by atomic mass is 32.2. The third kappa shape index (κ3) is 4.62. The van der Waals surface area contributed by atoms with Gasteiger partial charge in [0.1, 0.15) is 15.8 Å². The van der Waals surface area contributed by atoms with Gasteiger partial charge in [-0.1, -0.05) is 36.1 Å². The number of thioether (sulfide) groups is 1. The first kappa shape index (κ1) is 23.3. The standard InChI is InChI=1S/C24H22N4O5S2/c1-14-3-6-20-26-21(25-7-8-31-2)16(22(29)27(20)11-14)10-19-23(30)28(24(34)35-19)12-15-4-5-17-18(9-15)33-13-32-17/h3-6,9-11,25H,7-8,12-13H2,1-2H3/b19-10-. The van der Waals surface area contributed by atoms with Crippen LogP contribution < -0.4 is 20.3 Å². The van der Waals surface area contributed by atoms with Gasteiger partial charge < -0.3 is 19.5 Å². The summed E-state index contributed by atoms with van der Waals surface area (Å²) in [4.78, 5) is 33.2. The Hall–Kier alpha value is -3.41. The maximum atomic E-state index is 13.4. The summed E-state index contributed by atoms with van der Waals surface area (Å²) in [6, 6.07) is 9.20. The Morgan fingerprint density at radius 3 is 2.89 bits per heavy atom. The van der Waals surface area contributed by atoms with Crippen LogP contribution in [-0.2, 0) is 16.1 Å². The predicted molar refractivity (Wildman–Crippen MR) is 138 cm³/mol. The molecule has 0 spiro atoms. The molecule has 35 heavy (non-hydrogen) atoms. The number of methoxy groups -OCH3 is 1. The molecule has 4 heterocycles. The fourth-order valence-electron chi connectivity index (χ4n) is 3.78. The molecule has 0 aliphatic carbocycles. The number of nitrogens with zero attached hydrogens (tertiary/aromatic N) is 3. The summed E-state index contributed by atoms with van der Waals surface area (Å²) in [6.45, 7) is 3.25. The average molecular weight is 511 g/mol. The quantitative estimate of drug-likeness (QED) is 0.292. The minimum Gasteiger partial charge on any atom is -0.454 e. The van der Waals surface area contributed by atoms with Gasteiger partial charge in [-0.25, -0.2) is 4.98 Å². The van der Waals surface area contributed by atoms with Crippen molar-refractivity contribution in [2.75, 3.05) is 32.4 Å². The Morgan fingerprint density at radius 2 is 2.06 bits per heavy atom. The molecule has 3 aromatic rings. The normalized spacial score (nSPS) is 16.1. The number of fused-ring (bicyclic) bond motifs is 2. The van der Waals surface area contributed by atoms with E-state index in [9.17, 15) is 9.59 Å². The first-order valence-corrected chi connectivity index (χ1v) is 12.1. The number of aromatic nitrogens is 2. The van der Waals surface area contributed by atoms with Gasteiger partial charge in [-0.05, 0) is 42.3 Å². The predicted octanol–water partition coefficient (Wildman–Crippen LogP) is 3.19. The van der Waals surface area contributed by atoms with Crippen molar-refractivity contribution in [1.29, 1.82) is 0 Å². The van der Waals surface area contributed by atoms with Crippen LogP contribution in [0.15, 0.2) is 46.2 Å². The molecule has 1 fully saturated rings. The number of carbonyl (C=O) groups excluding carboxylic acids is 1.